The lowest BCUT2D eigenvalue weighted by Gasteiger charge is -2.23. The number of anilines is 1. The molecule has 7 nitrogen and oxygen atoms in total. The fourth-order valence-corrected chi connectivity index (χ4v) is 2.42. The maximum atomic E-state index is 12.2. The standard InChI is InChI=1S/C21H28N4O3/c1-21(2,3)28-20(26)25-18(15-8-6-5-7-9-15)14-23-19(22)24-16-10-12-17(27-4)13-11-16/h5-13,18H,14H2,1-4H3,(H,25,26)(H3,22,23,24). The smallest absolute Gasteiger partial charge is 0.408 e. The van der Waals surface area contributed by atoms with E-state index in [9.17, 15) is 4.79 Å². The van der Waals surface area contributed by atoms with E-state index >= 15 is 0 Å². The summed E-state index contributed by atoms with van der Waals surface area (Å²) in [6.45, 7) is 5.72. The first-order chi connectivity index (χ1) is 13.3. The molecule has 2 rings (SSSR count). The Kier molecular flexibility index (Phi) is 7.26. The Labute approximate surface area is 165 Å². The minimum absolute atomic E-state index is 0.247. The van der Waals surface area contributed by atoms with Crippen LogP contribution in [0.3, 0.4) is 0 Å². The summed E-state index contributed by atoms with van der Waals surface area (Å²) >= 11 is 0. The van der Waals surface area contributed by atoms with E-state index in [4.69, 9.17) is 15.2 Å². The van der Waals surface area contributed by atoms with E-state index in [1.807, 2.05) is 75.4 Å². The molecule has 0 radical (unpaired) electrons. The van der Waals surface area contributed by atoms with E-state index in [-0.39, 0.29) is 18.5 Å². The van der Waals surface area contributed by atoms with Gasteiger partial charge in [-0.15, -0.1) is 0 Å². The second kappa shape index (κ2) is 9.64. The van der Waals surface area contributed by atoms with Crippen LogP contribution in [0.1, 0.15) is 32.4 Å². The van der Waals surface area contributed by atoms with Crippen LogP contribution >= 0.6 is 0 Å². The molecule has 2 aromatic carbocycles. The number of nitrogens with zero attached hydrogens (tertiary/aromatic N) is 1. The number of methoxy groups -OCH3 is 1. The van der Waals surface area contributed by atoms with Gasteiger partial charge in [0.1, 0.15) is 11.4 Å². The molecule has 0 saturated heterocycles. The summed E-state index contributed by atoms with van der Waals surface area (Å²) < 4.78 is 10.5. The maximum absolute atomic E-state index is 12.2. The lowest BCUT2D eigenvalue weighted by molar-refractivity contribution is 0.0505. The summed E-state index contributed by atoms with van der Waals surface area (Å²) in [6.07, 6.45) is -0.502. The average Bonchev–Trinajstić information content (AvgIpc) is 2.65. The van der Waals surface area contributed by atoms with Crippen molar-refractivity contribution in [1.29, 1.82) is 0 Å². The van der Waals surface area contributed by atoms with Crippen LogP contribution in [0.25, 0.3) is 0 Å². The molecule has 2 aromatic rings. The van der Waals surface area contributed by atoms with Gasteiger partial charge in [-0.25, -0.2) is 4.79 Å². The van der Waals surface area contributed by atoms with Crippen molar-refractivity contribution in [2.24, 2.45) is 10.7 Å². The third-order valence-corrected chi connectivity index (χ3v) is 3.70. The van der Waals surface area contributed by atoms with Crippen molar-refractivity contribution >= 4 is 17.7 Å². The third kappa shape index (κ3) is 7.19. The van der Waals surface area contributed by atoms with Gasteiger partial charge in [0, 0.05) is 5.69 Å². The highest BCUT2D eigenvalue weighted by atomic mass is 16.6. The van der Waals surface area contributed by atoms with E-state index in [2.05, 4.69) is 15.6 Å². The maximum Gasteiger partial charge on any atom is 0.408 e. The number of carbonyl (C=O) groups is 1. The summed E-state index contributed by atoms with van der Waals surface area (Å²) in [6, 6.07) is 16.5. The molecule has 28 heavy (non-hydrogen) atoms. The minimum Gasteiger partial charge on any atom is -0.497 e. The van der Waals surface area contributed by atoms with Crippen molar-refractivity contribution < 1.29 is 14.3 Å². The Bertz CT molecular complexity index is 784. The van der Waals surface area contributed by atoms with Crippen molar-refractivity contribution in [1.82, 2.24) is 5.32 Å². The number of guanidine groups is 1. The van der Waals surface area contributed by atoms with Crippen LogP contribution in [0, 0.1) is 0 Å². The summed E-state index contributed by atoms with van der Waals surface area (Å²) in [4.78, 5) is 16.6. The highest BCUT2D eigenvalue weighted by Crippen LogP contribution is 2.16. The Morgan fingerprint density at radius 1 is 1.11 bits per heavy atom. The van der Waals surface area contributed by atoms with Gasteiger partial charge in [-0.2, -0.15) is 0 Å². The van der Waals surface area contributed by atoms with Crippen molar-refractivity contribution in [2.45, 2.75) is 32.4 Å². The fourth-order valence-electron chi connectivity index (χ4n) is 2.42. The zero-order valence-corrected chi connectivity index (χ0v) is 16.7. The minimum atomic E-state index is -0.580. The topological polar surface area (TPSA) is 98.0 Å². The van der Waals surface area contributed by atoms with Crippen LogP contribution in [0.15, 0.2) is 59.6 Å². The van der Waals surface area contributed by atoms with Crippen LogP contribution < -0.4 is 21.1 Å². The molecule has 0 aromatic heterocycles. The Morgan fingerprint density at radius 2 is 1.75 bits per heavy atom. The van der Waals surface area contributed by atoms with Crippen molar-refractivity contribution in [3.8, 4) is 5.75 Å². The van der Waals surface area contributed by atoms with E-state index in [0.29, 0.717) is 0 Å². The largest absolute Gasteiger partial charge is 0.497 e. The molecule has 0 saturated carbocycles. The molecule has 0 aliphatic carbocycles. The number of amides is 1. The molecule has 0 aliphatic rings. The van der Waals surface area contributed by atoms with Gasteiger partial charge in [-0.05, 0) is 50.6 Å². The summed E-state index contributed by atoms with van der Waals surface area (Å²) in [5, 5.41) is 5.88. The highest BCUT2D eigenvalue weighted by molar-refractivity contribution is 5.92. The number of benzene rings is 2. The van der Waals surface area contributed by atoms with Gasteiger partial charge >= 0.3 is 6.09 Å². The lowest BCUT2D eigenvalue weighted by atomic mass is 10.1. The quantitative estimate of drug-likeness (QED) is 0.521. The number of aliphatic imine (C=N–C) groups is 1. The molecule has 0 fully saturated rings. The number of nitrogens with one attached hydrogen (secondary N) is 2. The van der Waals surface area contributed by atoms with Crippen LogP contribution in [-0.2, 0) is 4.74 Å². The molecular formula is C21H28N4O3. The number of nitrogens with two attached hydrogens (primary N) is 1. The average molecular weight is 384 g/mol. The SMILES string of the molecule is COc1ccc(NC(N)=NCC(NC(=O)OC(C)(C)C)c2ccccc2)cc1. The molecular weight excluding hydrogens is 356 g/mol. The Hall–Kier alpha value is -3.22. The number of alkyl carbamates (subject to hydrolysis) is 1. The summed E-state index contributed by atoms with van der Waals surface area (Å²) in [7, 11) is 1.61. The Morgan fingerprint density at radius 3 is 2.32 bits per heavy atom. The van der Waals surface area contributed by atoms with E-state index in [1.165, 1.54) is 0 Å². The number of hydrogen-bond donors (Lipinski definition) is 3. The molecule has 1 amide bonds. The van der Waals surface area contributed by atoms with Crippen LogP contribution in [-0.4, -0.2) is 31.3 Å². The lowest BCUT2D eigenvalue weighted by Crippen LogP contribution is -2.36. The normalized spacial score (nSPS) is 12.8. The number of carbonyl (C=O) groups excluding carboxylic acids is 1. The zero-order valence-electron chi connectivity index (χ0n) is 16.7. The Balaban J connectivity index is 2.06. The molecule has 1 atom stereocenters. The predicted molar refractivity (Wildman–Crippen MR) is 112 cm³/mol. The molecule has 0 aliphatic heterocycles. The number of ether oxygens (including phenoxy) is 2. The predicted octanol–water partition coefficient (Wildman–Crippen LogP) is 3.69. The fraction of sp³-hybridized carbons (Fsp3) is 0.333. The van der Waals surface area contributed by atoms with Crippen LogP contribution in [0.2, 0.25) is 0 Å². The first-order valence-corrected chi connectivity index (χ1v) is 9.02. The molecule has 0 bridgehead atoms. The monoisotopic (exact) mass is 384 g/mol. The first-order valence-electron chi connectivity index (χ1n) is 9.02. The molecule has 0 heterocycles. The first kappa shape index (κ1) is 21.1. The van der Waals surface area contributed by atoms with Crippen LogP contribution in [0.5, 0.6) is 5.75 Å². The summed E-state index contributed by atoms with van der Waals surface area (Å²) in [5.41, 5.74) is 7.12. The molecule has 150 valence electrons. The second-order valence-corrected chi connectivity index (χ2v) is 7.19. The van der Waals surface area contributed by atoms with Crippen molar-refractivity contribution in [3.63, 3.8) is 0 Å². The van der Waals surface area contributed by atoms with Gasteiger partial charge in [-0.3, -0.25) is 4.99 Å². The second-order valence-electron chi connectivity index (χ2n) is 7.19. The highest BCUT2D eigenvalue weighted by Gasteiger charge is 2.20. The van der Waals surface area contributed by atoms with E-state index < -0.39 is 11.7 Å². The molecule has 7 heteroatoms. The van der Waals surface area contributed by atoms with Crippen LogP contribution in [0.4, 0.5) is 10.5 Å². The van der Waals surface area contributed by atoms with Crippen molar-refractivity contribution in [2.75, 3.05) is 19.0 Å². The zero-order chi connectivity index (χ0) is 20.6. The van der Waals surface area contributed by atoms with Gasteiger partial charge in [0.25, 0.3) is 0 Å². The van der Waals surface area contributed by atoms with Crippen molar-refractivity contribution in [3.05, 3.63) is 60.2 Å². The van der Waals surface area contributed by atoms with Gasteiger partial charge in [0.05, 0.1) is 19.7 Å². The molecule has 4 N–H and O–H groups in total. The van der Waals surface area contributed by atoms with Gasteiger partial charge < -0.3 is 25.8 Å². The van der Waals surface area contributed by atoms with Gasteiger partial charge in [0.2, 0.25) is 0 Å². The molecule has 1 unspecified atom stereocenters. The number of rotatable bonds is 6. The van der Waals surface area contributed by atoms with Gasteiger partial charge in [-0.1, -0.05) is 30.3 Å². The third-order valence-electron chi connectivity index (χ3n) is 3.70. The number of hydrogen-bond acceptors (Lipinski definition) is 4. The van der Waals surface area contributed by atoms with Gasteiger partial charge in [0.15, 0.2) is 5.96 Å². The summed E-state index contributed by atoms with van der Waals surface area (Å²) in [5.74, 6) is 1.00. The van der Waals surface area contributed by atoms with E-state index in [0.717, 1.165) is 17.0 Å². The van der Waals surface area contributed by atoms with E-state index in [1.54, 1.807) is 7.11 Å². The molecule has 0 spiro atoms.